The molecule has 2 aromatic carbocycles. The fourth-order valence-corrected chi connectivity index (χ4v) is 4.58. The van der Waals surface area contributed by atoms with Crippen molar-refractivity contribution in [2.75, 3.05) is 24.9 Å². The summed E-state index contributed by atoms with van der Waals surface area (Å²) in [5, 5.41) is 2.85. The van der Waals surface area contributed by atoms with Gasteiger partial charge in [-0.15, -0.1) is 0 Å². The summed E-state index contributed by atoms with van der Waals surface area (Å²) >= 11 is 0. The average Bonchev–Trinajstić information content (AvgIpc) is 2.77. The SMILES string of the molecule is CCC(C(=O)NC(C)(C)C)N(Cc1ccc(F)cc1)C(=O)CN(c1ccccc1F)S(=O)(=O)N(C)C. The van der Waals surface area contributed by atoms with Gasteiger partial charge in [0, 0.05) is 26.2 Å². The summed E-state index contributed by atoms with van der Waals surface area (Å²) in [5.41, 5.74) is -0.337. The smallest absolute Gasteiger partial charge is 0.304 e. The Balaban J connectivity index is 2.53. The van der Waals surface area contributed by atoms with E-state index < -0.39 is 51.8 Å². The van der Waals surface area contributed by atoms with Gasteiger partial charge >= 0.3 is 10.2 Å². The van der Waals surface area contributed by atoms with E-state index >= 15 is 0 Å². The third kappa shape index (κ3) is 7.47. The molecule has 8 nitrogen and oxygen atoms in total. The minimum Gasteiger partial charge on any atom is -0.350 e. The van der Waals surface area contributed by atoms with Gasteiger partial charge in [0.2, 0.25) is 11.8 Å². The van der Waals surface area contributed by atoms with Crippen LogP contribution in [0.25, 0.3) is 0 Å². The number of halogens is 2. The molecule has 0 aromatic heterocycles. The predicted octanol–water partition coefficient (Wildman–Crippen LogP) is 3.30. The molecule has 198 valence electrons. The van der Waals surface area contributed by atoms with E-state index in [9.17, 15) is 26.8 Å². The van der Waals surface area contributed by atoms with E-state index in [2.05, 4.69) is 5.32 Å². The van der Waals surface area contributed by atoms with Crippen LogP contribution in [0.15, 0.2) is 48.5 Å². The first-order chi connectivity index (χ1) is 16.7. The van der Waals surface area contributed by atoms with Crippen LogP contribution in [0.3, 0.4) is 0 Å². The first kappa shape index (κ1) is 29.2. The number of para-hydroxylation sites is 1. The topological polar surface area (TPSA) is 90.0 Å². The number of hydrogen-bond acceptors (Lipinski definition) is 4. The van der Waals surface area contributed by atoms with Gasteiger partial charge in [0.15, 0.2) is 0 Å². The Bertz CT molecular complexity index is 1170. The zero-order chi connectivity index (χ0) is 27.3. The van der Waals surface area contributed by atoms with Crippen LogP contribution in [0.4, 0.5) is 14.5 Å². The zero-order valence-corrected chi connectivity index (χ0v) is 22.3. The number of hydrogen-bond donors (Lipinski definition) is 1. The van der Waals surface area contributed by atoms with E-state index in [0.717, 1.165) is 10.4 Å². The number of nitrogens with zero attached hydrogens (tertiary/aromatic N) is 3. The van der Waals surface area contributed by atoms with Crippen LogP contribution in [-0.4, -0.2) is 61.7 Å². The Morgan fingerprint density at radius 3 is 2.08 bits per heavy atom. The van der Waals surface area contributed by atoms with Crippen LogP contribution in [-0.2, 0) is 26.3 Å². The highest BCUT2D eigenvalue weighted by molar-refractivity contribution is 7.90. The molecular weight excluding hydrogens is 490 g/mol. The van der Waals surface area contributed by atoms with Crippen LogP contribution < -0.4 is 9.62 Å². The van der Waals surface area contributed by atoms with Gasteiger partial charge < -0.3 is 10.2 Å². The lowest BCUT2D eigenvalue weighted by Crippen LogP contribution is -2.55. The van der Waals surface area contributed by atoms with Crippen LogP contribution in [0.2, 0.25) is 0 Å². The van der Waals surface area contributed by atoms with E-state index in [-0.39, 0.29) is 18.7 Å². The molecule has 11 heteroatoms. The molecule has 0 fully saturated rings. The number of carbonyl (C=O) groups excluding carboxylic acids is 2. The molecule has 1 unspecified atom stereocenters. The fraction of sp³-hybridized carbons (Fsp3) is 0.440. The molecule has 2 aromatic rings. The Morgan fingerprint density at radius 1 is 1.00 bits per heavy atom. The minimum atomic E-state index is -4.27. The van der Waals surface area contributed by atoms with Crippen molar-refractivity contribution >= 4 is 27.7 Å². The number of rotatable bonds is 10. The lowest BCUT2D eigenvalue weighted by molar-refractivity contribution is -0.141. The second kappa shape index (κ2) is 11.8. The number of nitrogens with one attached hydrogen (secondary N) is 1. The van der Waals surface area contributed by atoms with Crippen molar-refractivity contribution in [3.63, 3.8) is 0 Å². The number of anilines is 1. The van der Waals surface area contributed by atoms with Crippen LogP contribution in [0, 0.1) is 11.6 Å². The van der Waals surface area contributed by atoms with Gasteiger partial charge in [0.05, 0.1) is 5.69 Å². The first-order valence-electron chi connectivity index (χ1n) is 11.5. The average molecular weight is 525 g/mol. The summed E-state index contributed by atoms with van der Waals surface area (Å²) in [6.45, 7) is 6.29. The zero-order valence-electron chi connectivity index (χ0n) is 21.5. The first-order valence-corrected chi connectivity index (χ1v) is 12.9. The van der Waals surface area contributed by atoms with Crippen molar-refractivity contribution in [2.24, 2.45) is 0 Å². The molecule has 1 atom stereocenters. The largest absolute Gasteiger partial charge is 0.350 e. The minimum absolute atomic E-state index is 0.0810. The molecule has 2 amide bonds. The fourth-order valence-electron chi connectivity index (χ4n) is 3.51. The van der Waals surface area contributed by atoms with Gasteiger partial charge in [0.1, 0.15) is 24.2 Å². The summed E-state index contributed by atoms with van der Waals surface area (Å²) in [6, 6.07) is 9.70. The lowest BCUT2D eigenvalue weighted by Gasteiger charge is -2.35. The Hall–Kier alpha value is -3.05. The molecule has 0 radical (unpaired) electrons. The second-order valence-electron chi connectivity index (χ2n) is 9.56. The lowest BCUT2D eigenvalue weighted by atomic mass is 10.1. The van der Waals surface area contributed by atoms with E-state index in [4.69, 9.17) is 0 Å². The normalized spacial score (nSPS) is 12.8. The number of carbonyl (C=O) groups is 2. The van der Waals surface area contributed by atoms with E-state index in [1.165, 1.54) is 61.5 Å². The van der Waals surface area contributed by atoms with Gasteiger partial charge in [-0.3, -0.25) is 9.59 Å². The third-order valence-electron chi connectivity index (χ3n) is 5.29. The molecule has 0 spiro atoms. The van der Waals surface area contributed by atoms with Crippen molar-refractivity contribution in [3.05, 3.63) is 65.7 Å². The maximum Gasteiger partial charge on any atom is 0.304 e. The predicted molar refractivity (Wildman–Crippen MR) is 135 cm³/mol. The van der Waals surface area contributed by atoms with Gasteiger partial charge in [-0.25, -0.2) is 13.1 Å². The van der Waals surface area contributed by atoms with Crippen molar-refractivity contribution in [3.8, 4) is 0 Å². The molecule has 36 heavy (non-hydrogen) atoms. The standard InChI is InChI=1S/C25H34F2N4O4S/c1-7-21(24(33)28-25(2,3)4)30(16-18-12-14-19(26)15-13-18)23(32)17-31(36(34,35)29(5)6)22-11-9-8-10-20(22)27/h8-15,21H,7,16-17H2,1-6H3,(H,28,33). The van der Waals surface area contributed by atoms with Gasteiger partial charge in [-0.05, 0) is 57.0 Å². The van der Waals surface area contributed by atoms with Crippen molar-refractivity contribution in [1.29, 1.82) is 0 Å². The molecule has 0 saturated carbocycles. The molecule has 0 aliphatic heterocycles. The van der Waals surface area contributed by atoms with Crippen molar-refractivity contribution < 1.29 is 26.8 Å². The summed E-state index contributed by atoms with van der Waals surface area (Å²) in [6.07, 6.45) is 0.231. The Kier molecular flexibility index (Phi) is 9.56. The molecule has 0 aliphatic rings. The van der Waals surface area contributed by atoms with Crippen molar-refractivity contribution in [2.45, 2.75) is 52.2 Å². The number of amides is 2. The number of benzene rings is 2. The maximum atomic E-state index is 14.7. The highest BCUT2D eigenvalue weighted by Gasteiger charge is 2.35. The van der Waals surface area contributed by atoms with Crippen LogP contribution >= 0.6 is 0 Å². The molecule has 0 heterocycles. The Morgan fingerprint density at radius 2 is 1.58 bits per heavy atom. The van der Waals surface area contributed by atoms with Gasteiger partial charge in [-0.1, -0.05) is 31.2 Å². The highest BCUT2D eigenvalue weighted by atomic mass is 32.2. The molecule has 0 bridgehead atoms. The van der Waals surface area contributed by atoms with Gasteiger partial charge in [0.25, 0.3) is 0 Å². The third-order valence-corrected chi connectivity index (χ3v) is 7.10. The molecular formula is C25H34F2N4O4S. The summed E-state index contributed by atoms with van der Waals surface area (Å²) in [7, 11) is -1.73. The van der Waals surface area contributed by atoms with Crippen LogP contribution in [0.5, 0.6) is 0 Å². The quantitative estimate of drug-likeness (QED) is 0.517. The molecule has 0 saturated heterocycles. The molecule has 1 N–H and O–H groups in total. The maximum absolute atomic E-state index is 14.7. The van der Waals surface area contributed by atoms with E-state index in [1.54, 1.807) is 27.7 Å². The monoisotopic (exact) mass is 524 g/mol. The summed E-state index contributed by atoms with van der Waals surface area (Å²) in [5.74, 6) is -2.42. The molecule has 2 rings (SSSR count). The summed E-state index contributed by atoms with van der Waals surface area (Å²) < 4.78 is 55.9. The summed E-state index contributed by atoms with van der Waals surface area (Å²) in [4.78, 5) is 28.0. The highest BCUT2D eigenvalue weighted by Crippen LogP contribution is 2.24. The van der Waals surface area contributed by atoms with Crippen molar-refractivity contribution in [1.82, 2.24) is 14.5 Å². The van der Waals surface area contributed by atoms with E-state index in [0.29, 0.717) is 9.87 Å². The van der Waals surface area contributed by atoms with Crippen LogP contribution in [0.1, 0.15) is 39.7 Å². The van der Waals surface area contributed by atoms with E-state index in [1.807, 2.05) is 0 Å². The second-order valence-corrected chi connectivity index (χ2v) is 11.6. The van der Waals surface area contributed by atoms with Gasteiger partial charge in [-0.2, -0.15) is 12.7 Å². The molecule has 0 aliphatic carbocycles. The Labute approximate surface area is 212 Å².